The Bertz CT molecular complexity index is 76.1. The summed E-state index contributed by atoms with van der Waals surface area (Å²) in [5.41, 5.74) is 0. The molecule has 0 saturated carbocycles. The summed E-state index contributed by atoms with van der Waals surface area (Å²) in [6.07, 6.45) is -0.560. The Hall–Kier alpha value is 1.99. The molecule has 0 amide bonds. The topological polar surface area (TPSA) is 104 Å². The second-order valence-corrected chi connectivity index (χ2v) is 1.64. The number of aliphatic hydroxyl groups is 2. The van der Waals surface area contributed by atoms with E-state index in [-0.39, 0.29) is 65.7 Å². The zero-order valence-corrected chi connectivity index (χ0v) is 11.6. The van der Waals surface area contributed by atoms with E-state index in [2.05, 4.69) is 0 Å². The first-order chi connectivity index (χ1) is 4.00. The Morgan fingerprint density at radius 1 is 1.45 bits per heavy atom. The average Bonchev–Trinajstić information content (AvgIpc) is 1.65. The van der Waals surface area contributed by atoms with Gasteiger partial charge in [-0.15, -0.1) is 11.4 Å². The smallest absolute Gasteiger partial charge is 0.784 e. The quantitative estimate of drug-likeness (QED) is 0.324. The van der Waals surface area contributed by atoms with Gasteiger partial charge in [0.2, 0.25) is 0 Å². The Balaban J connectivity index is -0.0000000383. The SMILES string of the molecule is CC(O)CO.O=S([O-])[O-].[Na+].[Na+]. The number of hydrogen-bond acceptors (Lipinski definition) is 5. The van der Waals surface area contributed by atoms with Gasteiger partial charge in [0.1, 0.15) is 0 Å². The monoisotopic (exact) mass is 202 g/mol. The summed E-state index contributed by atoms with van der Waals surface area (Å²) in [4.78, 5) is 0. The van der Waals surface area contributed by atoms with Gasteiger partial charge in [-0.05, 0) is 6.92 Å². The van der Waals surface area contributed by atoms with Crippen LogP contribution >= 0.6 is 0 Å². The predicted molar refractivity (Wildman–Crippen MR) is 28.5 cm³/mol. The van der Waals surface area contributed by atoms with Crippen molar-refractivity contribution in [2.75, 3.05) is 6.61 Å². The van der Waals surface area contributed by atoms with Crippen LogP contribution in [0.25, 0.3) is 0 Å². The molecule has 1 unspecified atom stereocenters. The fraction of sp³-hybridized carbons (Fsp3) is 1.00. The van der Waals surface area contributed by atoms with Crippen molar-refractivity contribution in [3.05, 3.63) is 0 Å². The molecule has 2 N–H and O–H groups in total. The first-order valence-corrected chi connectivity index (χ1v) is 3.06. The van der Waals surface area contributed by atoms with E-state index in [1.165, 1.54) is 6.92 Å². The summed E-state index contributed by atoms with van der Waals surface area (Å²) in [5, 5.41) is 16.0. The average molecular weight is 202 g/mol. The maximum Gasteiger partial charge on any atom is 1.00 e. The van der Waals surface area contributed by atoms with Crippen molar-refractivity contribution in [1.29, 1.82) is 0 Å². The van der Waals surface area contributed by atoms with Gasteiger partial charge in [0.05, 0.1) is 12.7 Å². The molecule has 0 aliphatic carbocycles. The molecule has 0 aromatic heterocycles. The molecule has 8 heteroatoms. The molecule has 11 heavy (non-hydrogen) atoms. The number of hydrogen-bond donors (Lipinski definition) is 2. The fourth-order valence-electron chi connectivity index (χ4n) is 0. The van der Waals surface area contributed by atoms with Crippen LogP contribution < -0.4 is 59.1 Å². The normalized spacial score (nSPS) is 10.0. The largest absolute Gasteiger partial charge is 1.00 e. The standard InChI is InChI=1S/C3H8O2.2Na.H2O3S/c1-3(5)2-4;;;1-4(2)3/h3-5H,2H2,1H3;;;(H2,1,2,3)/q;2*+1;/p-2. The second-order valence-electron chi connectivity index (χ2n) is 1.24. The molecule has 0 rings (SSSR count). The van der Waals surface area contributed by atoms with Crippen molar-refractivity contribution < 1.29 is 82.6 Å². The van der Waals surface area contributed by atoms with Crippen LogP contribution in [0.1, 0.15) is 6.92 Å². The van der Waals surface area contributed by atoms with Gasteiger partial charge in [0.25, 0.3) is 0 Å². The van der Waals surface area contributed by atoms with Gasteiger partial charge in [-0.25, -0.2) is 0 Å². The summed E-state index contributed by atoms with van der Waals surface area (Å²) >= 11 is -3.11. The summed E-state index contributed by atoms with van der Waals surface area (Å²) < 4.78 is 25.3. The van der Waals surface area contributed by atoms with E-state index in [4.69, 9.17) is 23.5 Å². The van der Waals surface area contributed by atoms with Crippen molar-refractivity contribution in [3.8, 4) is 0 Å². The van der Waals surface area contributed by atoms with Crippen LogP contribution in [0, 0.1) is 0 Å². The summed E-state index contributed by atoms with van der Waals surface area (Å²) in [5.74, 6) is 0. The summed E-state index contributed by atoms with van der Waals surface area (Å²) in [6, 6.07) is 0. The molecule has 0 aromatic rings. The number of rotatable bonds is 1. The van der Waals surface area contributed by atoms with Crippen LogP contribution in [0.15, 0.2) is 0 Å². The van der Waals surface area contributed by atoms with Crippen LogP contribution in [0.3, 0.4) is 0 Å². The molecule has 0 aromatic carbocycles. The molecular weight excluding hydrogens is 194 g/mol. The van der Waals surface area contributed by atoms with Gasteiger partial charge in [-0.2, -0.15) is 0 Å². The Labute approximate surface area is 112 Å². The molecule has 1 atom stereocenters. The molecule has 0 spiro atoms. The maximum atomic E-state index is 8.44. The Morgan fingerprint density at radius 3 is 1.55 bits per heavy atom. The van der Waals surface area contributed by atoms with Gasteiger partial charge in [-0.1, -0.05) is 0 Å². The molecule has 0 aliphatic rings. The van der Waals surface area contributed by atoms with Gasteiger partial charge >= 0.3 is 59.1 Å². The van der Waals surface area contributed by atoms with E-state index in [0.29, 0.717) is 0 Å². The zero-order chi connectivity index (χ0) is 7.86. The van der Waals surface area contributed by atoms with Gasteiger partial charge in [0.15, 0.2) is 0 Å². The Kier molecular flexibility index (Phi) is 37.6. The predicted octanol–water partition coefficient (Wildman–Crippen LogP) is -7.64. The van der Waals surface area contributed by atoms with Crippen LogP contribution in [0.4, 0.5) is 0 Å². The van der Waals surface area contributed by atoms with Crippen molar-refractivity contribution in [2.24, 2.45) is 0 Å². The molecule has 0 bridgehead atoms. The van der Waals surface area contributed by atoms with E-state index in [0.717, 1.165) is 0 Å². The molecule has 58 valence electrons. The third-order valence-corrected chi connectivity index (χ3v) is 0.264. The molecule has 5 nitrogen and oxygen atoms in total. The first kappa shape index (κ1) is 23.1. The minimum absolute atomic E-state index is 0. The van der Waals surface area contributed by atoms with Crippen molar-refractivity contribution >= 4 is 11.4 Å². The van der Waals surface area contributed by atoms with Crippen LogP contribution in [-0.4, -0.2) is 36.2 Å². The van der Waals surface area contributed by atoms with Crippen molar-refractivity contribution in [3.63, 3.8) is 0 Å². The summed E-state index contributed by atoms with van der Waals surface area (Å²) in [7, 11) is 0. The molecule has 0 saturated heterocycles. The van der Waals surface area contributed by atoms with E-state index in [1.54, 1.807) is 0 Å². The number of aliphatic hydroxyl groups excluding tert-OH is 2. The van der Waals surface area contributed by atoms with Crippen molar-refractivity contribution in [1.82, 2.24) is 0 Å². The minimum Gasteiger partial charge on any atom is -0.784 e. The summed E-state index contributed by atoms with van der Waals surface area (Å²) in [6.45, 7) is 1.39. The molecule has 0 fully saturated rings. The maximum absolute atomic E-state index is 8.44. The molecular formula is C3H8Na2O5S. The third-order valence-electron chi connectivity index (χ3n) is 0.264. The second kappa shape index (κ2) is 17.9. The van der Waals surface area contributed by atoms with Crippen LogP contribution in [-0.2, 0) is 11.4 Å². The zero-order valence-electron chi connectivity index (χ0n) is 6.81. The van der Waals surface area contributed by atoms with Crippen LogP contribution in [0.2, 0.25) is 0 Å². The third kappa shape index (κ3) is 75.2. The molecule has 0 radical (unpaired) electrons. The van der Waals surface area contributed by atoms with Gasteiger partial charge < -0.3 is 19.3 Å². The van der Waals surface area contributed by atoms with E-state index in [1.807, 2.05) is 0 Å². The van der Waals surface area contributed by atoms with Gasteiger partial charge in [-0.3, -0.25) is 4.21 Å². The van der Waals surface area contributed by atoms with E-state index in [9.17, 15) is 0 Å². The van der Waals surface area contributed by atoms with Crippen molar-refractivity contribution in [2.45, 2.75) is 13.0 Å². The Morgan fingerprint density at radius 2 is 1.55 bits per heavy atom. The molecule has 0 aliphatic heterocycles. The van der Waals surface area contributed by atoms with Crippen LogP contribution in [0.5, 0.6) is 0 Å². The van der Waals surface area contributed by atoms with E-state index >= 15 is 0 Å². The van der Waals surface area contributed by atoms with Gasteiger partial charge in [0, 0.05) is 0 Å². The molecule has 0 heterocycles. The fourth-order valence-corrected chi connectivity index (χ4v) is 0. The minimum atomic E-state index is -3.11. The van der Waals surface area contributed by atoms with E-state index < -0.39 is 17.5 Å². The first-order valence-electron chi connectivity index (χ1n) is 2.06.